The highest BCUT2D eigenvalue weighted by molar-refractivity contribution is 6.23. The molecule has 5 heteroatoms. The maximum Gasteiger partial charge on any atom is 0.335 e. The number of hydrogen-bond acceptors (Lipinski definition) is 3. The van der Waals surface area contributed by atoms with Gasteiger partial charge >= 0.3 is 5.97 Å². The van der Waals surface area contributed by atoms with Crippen molar-refractivity contribution in [3.63, 3.8) is 0 Å². The minimum atomic E-state index is -1.08. The fourth-order valence-corrected chi connectivity index (χ4v) is 2.82. The summed E-state index contributed by atoms with van der Waals surface area (Å²) in [4.78, 5) is 37.3. The molecule has 5 nitrogen and oxygen atoms in total. The minimum absolute atomic E-state index is 0.0710. The van der Waals surface area contributed by atoms with Crippen molar-refractivity contribution in [1.29, 1.82) is 0 Å². The standard InChI is InChI=1S/C16H19NO4/c1-4-16(5-2)9-13(18)17(15(16)21)12-8-11(14(19)20)7-6-10(12)3/h6-8H,4-5,9H2,1-3H3,(H,19,20). The first-order valence-corrected chi connectivity index (χ1v) is 7.07. The number of nitrogens with zero attached hydrogens (tertiary/aromatic N) is 1. The number of carbonyl (C=O) groups is 3. The van der Waals surface area contributed by atoms with Crippen LogP contribution in [0.25, 0.3) is 0 Å². The Morgan fingerprint density at radius 1 is 1.29 bits per heavy atom. The monoisotopic (exact) mass is 289 g/mol. The fraction of sp³-hybridized carbons (Fsp3) is 0.438. The molecule has 2 amide bonds. The number of carbonyl (C=O) groups excluding carboxylic acids is 2. The molecule has 1 aromatic rings. The van der Waals surface area contributed by atoms with Gasteiger partial charge in [-0.2, -0.15) is 0 Å². The molecule has 0 aromatic heterocycles. The lowest BCUT2D eigenvalue weighted by atomic mass is 9.81. The van der Waals surface area contributed by atoms with E-state index in [1.807, 2.05) is 13.8 Å². The lowest BCUT2D eigenvalue weighted by Gasteiger charge is -2.24. The summed E-state index contributed by atoms with van der Waals surface area (Å²) in [5.74, 6) is -1.55. The van der Waals surface area contributed by atoms with Gasteiger partial charge in [0.15, 0.2) is 0 Å². The van der Waals surface area contributed by atoms with Gasteiger partial charge < -0.3 is 5.11 Å². The zero-order chi connectivity index (χ0) is 15.8. The fourth-order valence-electron chi connectivity index (χ4n) is 2.82. The molecular weight excluding hydrogens is 270 g/mol. The number of carboxylic acids is 1. The van der Waals surface area contributed by atoms with Crippen LogP contribution in [0.3, 0.4) is 0 Å². The zero-order valence-electron chi connectivity index (χ0n) is 12.5. The Kier molecular flexibility index (Phi) is 3.85. The van der Waals surface area contributed by atoms with Crippen LogP contribution in [0.5, 0.6) is 0 Å². The van der Waals surface area contributed by atoms with Crippen molar-refractivity contribution in [3.8, 4) is 0 Å². The van der Waals surface area contributed by atoms with Crippen LogP contribution < -0.4 is 4.90 Å². The second-order valence-electron chi connectivity index (χ2n) is 5.50. The van der Waals surface area contributed by atoms with Crippen LogP contribution in [-0.2, 0) is 9.59 Å². The Hall–Kier alpha value is -2.17. The molecule has 1 fully saturated rings. The Bertz CT molecular complexity index is 617. The maximum absolute atomic E-state index is 12.7. The van der Waals surface area contributed by atoms with Crippen molar-refractivity contribution < 1.29 is 19.5 Å². The summed E-state index contributed by atoms with van der Waals surface area (Å²) in [5.41, 5.74) is 0.517. The summed E-state index contributed by atoms with van der Waals surface area (Å²) >= 11 is 0. The number of hydrogen-bond donors (Lipinski definition) is 1. The maximum atomic E-state index is 12.7. The van der Waals surface area contributed by atoms with Gasteiger partial charge in [-0.25, -0.2) is 9.69 Å². The van der Waals surface area contributed by atoms with Crippen LogP contribution in [0.15, 0.2) is 18.2 Å². The molecule has 1 heterocycles. The molecule has 0 unspecified atom stereocenters. The second kappa shape index (κ2) is 5.31. The molecule has 0 aliphatic carbocycles. The number of rotatable bonds is 4. The molecule has 2 rings (SSSR count). The smallest absolute Gasteiger partial charge is 0.335 e. The number of aromatic carboxylic acids is 1. The third kappa shape index (κ3) is 2.33. The van der Waals surface area contributed by atoms with Crippen molar-refractivity contribution in [2.24, 2.45) is 5.41 Å². The Morgan fingerprint density at radius 2 is 1.90 bits per heavy atom. The highest BCUT2D eigenvalue weighted by Gasteiger charge is 2.49. The molecule has 0 saturated carbocycles. The van der Waals surface area contributed by atoms with Gasteiger partial charge in [0.2, 0.25) is 11.8 Å². The van der Waals surface area contributed by atoms with Crippen molar-refractivity contribution >= 4 is 23.5 Å². The Labute approximate surface area is 123 Å². The van der Waals surface area contributed by atoms with Gasteiger partial charge in [0.25, 0.3) is 0 Å². The first-order valence-electron chi connectivity index (χ1n) is 7.07. The molecule has 0 spiro atoms. The van der Waals surface area contributed by atoms with Gasteiger partial charge in [0.05, 0.1) is 16.7 Å². The number of amides is 2. The SMILES string of the molecule is CCC1(CC)CC(=O)N(c2cc(C(=O)O)ccc2C)C1=O. The highest BCUT2D eigenvalue weighted by atomic mass is 16.4. The quantitative estimate of drug-likeness (QED) is 0.865. The normalized spacial score (nSPS) is 17.4. The largest absolute Gasteiger partial charge is 0.478 e. The average molecular weight is 289 g/mol. The van der Waals surface area contributed by atoms with Gasteiger partial charge in [-0.05, 0) is 37.5 Å². The van der Waals surface area contributed by atoms with Gasteiger partial charge in [0, 0.05) is 6.42 Å². The third-order valence-electron chi connectivity index (χ3n) is 4.45. The third-order valence-corrected chi connectivity index (χ3v) is 4.45. The average Bonchev–Trinajstić information content (AvgIpc) is 2.71. The molecule has 0 bridgehead atoms. The Morgan fingerprint density at radius 3 is 2.38 bits per heavy atom. The first kappa shape index (κ1) is 15.2. The van der Waals surface area contributed by atoms with Gasteiger partial charge in [-0.1, -0.05) is 19.9 Å². The molecular formula is C16H19NO4. The molecule has 112 valence electrons. The van der Waals surface area contributed by atoms with Crippen LogP contribution in [0.4, 0.5) is 5.69 Å². The molecule has 21 heavy (non-hydrogen) atoms. The molecule has 0 atom stereocenters. The van der Waals surface area contributed by atoms with Crippen LogP contribution in [0.1, 0.15) is 49.0 Å². The van der Waals surface area contributed by atoms with Crippen LogP contribution >= 0.6 is 0 Å². The van der Waals surface area contributed by atoms with Crippen molar-refractivity contribution in [3.05, 3.63) is 29.3 Å². The van der Waals surface area contributed by atoms with E-state index in [1.54, 1.807) is 13.0 Å². The summed E-state index contributed by atoms with van der Waals surface area (Å²) in [6.45, 7) is 5.57. The molecule has 1 aliphatic rings. The van der Waals surface area contributed by atoms with E-state index in [0.29, 0.717) is 24.1 Å². The van der Waals surface area contributed by atoms with Gasteiger partial charge in [-0.15, -0.1) is 0 Å². The van der Waals surface area contributed by atoms with Gasteiger partial charge in [0.1, 0.15) is 0 Å². The van der Waals surface area contributed by atoms with E-state index in [4.69, 9.17) is 5.11 Å². The van der Waals surface area contributed by atoms with E-state index in [0.717, 1.165) is 4.90 Å². The molecule has 1 saturated heterocycles. The summed E-state index contributed by atoms with van der Waals surface area (Å²) in [6.07, 6.45) is 1.39. The second-order valence-corrected chi connectivity index (χ2v) is 5.50. The number of benzene rings is 1. The number of imide groups is 1. The lowest BCUT2D eigenvalue weighted by molar-refractivity contribution is -0.126. The van der Waals surface area contributed by atoms with E-state index in [1.165, 1.54) is 12.1 Å². The first-order chi connectivity index (χ1) is 9.86. The molecule has 1 N–H and O–H groups in total. The number of aryl methyl sites for hydroxylation is 1. The topological polar surface area (TPSA) is 74.7 Å². The highest BCUT2D eigenvalue weighted by Crippen LogP contribution is 2.42. The van der Waals surface area contributed by atoms with E-state index >= 15 is 0 Å². The van der Waals surface area contributed by atoms with Crippen LogP contribution in [-0.4, -0.2) is 22.9 Å². The molecule has 1 aromatic carbocycles. The van der Waals surface area contributed by atoms with Crippen LogP contribution in [0.2, 0.25) is 0 Å². The molecule has 1 aliphatic heterocycles. The van der Waals surface area contributed by atoms with E-state index in [-0.39, 0.29) is 23.8 Å². The predicted molar refractivity (Wildman–Crippen MR) is 78.3 cm³/mol. The summed E-state index contributed by atoms with van der Waals surface area (Å²) in [7, 11) is 0. The Balaban J connectivity index is 2.52. The molecule has 0 radical (unpaired) electrons. The van der Waals surface area contributed by atoms with Crippen molar-refractivity contribution in [2.45, 2.75) is 40.0 Å². The van der Waals surface area contributed by atoms with Crippen molar-refractivity contribution in [1.82, 2.24) is 0 Å². The summed E-state index contributed by atoms with van der Waals surface area (Å²) in [5, 5.41) is 9.08. The number of carboxylic acid groups (broad SMARTS) is 1. The summed E-state index contributed by atoms with van der Waals surface area (Å²) < 4.78 is 0. The van der Waals surface area contributed by atoms with Gasteiger partial charge in [-0.3, -0.25) is 9.59 Å². The van der Waals surface area contributed by atoms with E-state index in [2.05, 4.69) is 0 Å². The zero-order valence-corrected chi connectivity index (χ0v) is 12.5. The predicted octanol–water partition coefficient (Wildman–Crippen LogP) is 2.76. The number of anilines is 1. The summed E-state index contributed by atoms with van der Waals surface area (Å²) in [6, 6.07) is 4.49. The van der Waals surface area contributed by atoms with Crippen molar-refractivity contribution in [2.75, 3.05) is 4.90 Å². The van der Waals surface area contributed by atoms with E-state index in [9.17, 15) is 14.4 Å². The minimum Gasteiger partial charge on any atom is -0.478 e. The van der Waals surface area contributed by atoms with Crippen LogP contribution in [0, 0.1) is 12.3 Å². The van der Waals surface area contributed by atoms with E-state index < -0.39 is 11.4 Å². The lowest BCUT2D eigenvalue weighted by Crippen LogP contribution is -2.35.